The normalized spacial score (nSPS) is 18.5. The van der Waals surface area contributed by atoms with E-state index in [1.807, 2.05) is 27.7 Å². The highest BCUT2D eigenvalue weighted by Crippen LogP contribution is 2.46. The Morgan fingerprint density at radius 1 is 1.11 bits per heavy atom. The molecule has 2 aromatic rings. The van der Waals surface area contributed by atoms with Crippen molar-refractivity contribution in [2.45, 2.75) is 58.0 Å². The topological polar surface area (TPSA) is 71.3 Å². The highest BCUT2D eigenvalue weighted by Gasteiger charge is 2.40. The highest BCUT2D eigenvalue weighted by atomic mass is 19.4. The van der Waals surface area contributed by atoms with Crippen molar-refractivity contribution in [3.05, 3.63) is 48.0 Å². The molecule has 37 heavy (non-hydrogen) atoms. The summed E-state index contributed by atoms with van der Waals surface area (Å²) in [4.78, 5) is 17.8. The smallest absolute Gasteiger partial charge is 0.422 e. The van der Waals surface area contributed by atoms with E-state index < -0.39 is 17.3 Å². The van der Waals surface area contributed by atoms with Gasteiger partial charge in [0.1, 0.15) is 22.7 Å². The molecule has 1 heterocycles. The minimum absolute atomic E-state index is 0.0121. The van der Waals surface area contributed by atoms with Crippen LogP contribution in [0, 0.1) is 0 Å². The van der Waals surface area contributed by atoms with Crippen molar-refractivity contribution in [3.63, 3.8) is 0 Å². The number of likely N-dealkylation sites (N-methyl/N-ethyl adjacent to an activating group) is 2. The number of nitrogens with two attached hydrogens (primary N) is 1. The number of likely N-dealkylation sites (tertiary alicyclic amines) is 1. The summed E-state index contributed by atoms with van der Waals surface area (Å²) in [5.74, 6) is 0.000699. The van der Waals surface area contributed by atoms with E-state index in [9.17, 15) is 18.0 Å². The van der Waals surface area contributed by atoms with Gasteiger partial charge in [-0.3, -0.25) is 4.90 Å². The molecule has 10 heteroatoms. The average molecular weight is 523 g/mol. The molecule has 2 atom stereocenters. The lowest BCUT2D eigenvalue weighted by Gasteiger charge is -2.33. The summed E-state index contributed by atoms with van der Waals surface area (Å²) in [7, 11) is 3.32. The molecule has 0 radical (unpaired) electrons. The van der Waals surface area contributed by atoms with Crippen LogP contribution in [-0.4, -0.2) is 67.3 Å². The zero-order chi connectivity index (χ0) is 27.5. The van der Waals surface area contributed by atoms with Crippen LogP contribution in [0.3, 0.4) is 0 Å². The Morgan fingerprint density at radius 3 is 2.35 bits per heavy atom. The van der Waals surface area contributed by atoms with E-state index in [1.54, 1.807) is 49.3 Å². The molecule has 0 spiro atoms. The summed E-state index contributed by atoms with van der Waals surface area (Å²) < 4.78 is 53.9. The molecule has 0 bridgehead atoms. The van der Waals surface area contributed by atoms with Gasteiger partial charge in [-0.1, -0.05) is 18.2 Å². The fourth-order valence-corrected chi connectivity index (χ4v) is 4.65. The number of carbonyl (C=O) groups is 1. The maximum atomic E-state index is 14.3. The number of nitrogen functional groups attached to an aromatic ring is 1. The van der Waals surface area contributed by atoms with Crippen molar-refractivity contribution in [1.29, 1.82) is 0 Å². The molecule has 1 aliphatic heterocycles. The van der Waals surface area contributed by atoms with Crippen molar-refractivity contribution in [2.24, 2.45) is 0 Å². The summed E-state index contributed by atoms with van der Waals surface area (Å²) in [5, 5.41) is 0. The number of benzene rings is 2. The van der Waals surface area contributed by atoms with Gasteiger partial charge in [-0.25, -0.2) is 4.79 Å². The van der Waals surface area contributed by atoms with Gasteiger partial charge in [-0.2, -0.15) is 13.2 Å². The predicted molar refractivity (Wildman–Crippen MR) is 139 cm³/mol. The molecule has 0 aliphatic carbocycles. The number of hydrogen-bond acceptors (Lipinski definition) is 6. The van der Waals surface area contributed by atoms with Gasteiger partial charge in [0.05, 0.1) is 17.4 Å². The van der Waals surface area contributed by atoms with Crippen LogP contribution in [-0.2, 0) is 10.9 Å². The monoisotopic (exact) mass is 522 g/mol. The minimum Gasteiger partial charge on any atom is -0.457 e. The first kappa shape index (κ1) is 28.4. The molecule has 1 fully saturated rings. The van der Waals surface area contributed by atoms with Gasteiger partial charge in [0, 0.05) is 39.8 Å². The van der Waals surface area contributed by atoms with Crippen LogP contribution in [0.1, 0.15) is 39.7 Å². The van der Waals surface area contributed by atoms with Gasteiger partial charge in [-0.15, -0.1) is 0 Å². The number of carbonyl (C=O) groups excluding carboxylic acids is 1. The molecule has 1 saturated heterocycles. The van der Waals surface area contributed by atoms with E-state index in [0.29, 0.717) is 25.4 Å². The number of nitrogens with zero attached hydrogens (tertiary/aromatic N) is 3. The van der Waals surface area contributed by atoms with Crippen LogP contribution in [0.15, 0.2) is 42.5 Å². The maximum Gasteiger partial charge on any atom is 0.422 e. The molecular weight excluding hydrogens is 485 g/mol. The van der Waals surface area contributed by atoms with Crippen LogP contribution in [0.4, 0.5) is 29.3 Å². The Morgan fingerprint density at radius 2 is 1.76 bits per heavy atom. The lowest BCUT2D eigenvalue weighted by Crippen LogP contribution is -2.47. The SMILES string of the molecule is C[C@H]1[C@H](N(C)C(=O)OC(C)(C)C)CCN1CCN(C)c1c(N)ccc(Oc2ccccc2)c1C(F)(F)F. The molecule has 1 amide bonds. The maximum absolute atomic E-state index is 14.3. The third-order valence-corrected chi connectivity index (χ3v) is 6.55. The number of ether oxygens (including phenoxy) is 2. The van der Waals surface area contributed by atoms with Gasteiger partial charge in [0.25, 0.3) is 0 Å². The van der Waals surface area contributed by atoms with Crippen LogP contribution in [0.2, 0.25) is 0 Å². The fraction of sp³-hybridized carbons (Fsp3) is 0.519. The number of para-hydroxylation sites is 1. The highest BCUT2D eigenvalue weighted by molar-refractivity contribution is 5.75. The Hall–Kier alpha value is -3.14. The van der Waals surface area contributed by atoms with Crippen molar-refractivity contribution >= 4 is 17.5 Å². The second kappa shape index (κ2) is 11.1. The lowest BCUT2D eigenvalue weighted by molar-refractivity contribution is -0.138. The quantitative estimate of drug-likeness (QED) is 0.461. The van der Waals surface area contributed by atoms with Crippen molar-refractivity contribution in [1.82, 2.24) is 9.80 Å². The second-order valence-electron chi connectivity index (χ2n) is 10.4. The zero-order valence-electron chi connectivity index (χ0n) is 22.3. The Kier molecular flexibility index (Phi) is 8.52. The van der Waals surface area contributed by atoms with E-state index in [2.05, 4.69) is 4.90 Å². The van der Waals surface area contributed by atoms with Gasteiger partial charge in [0.15, 0.2) is 0 Å². The molecule has 204 valence electrons. The second-order valence-corrected chi connectivity index (χ2v) is 10.4. The Labute approximate surface area is 216 Å². The largest absolute Gasteiger partial charge is 0.457 e. The molecule has 7 nitrogen and oxygen atoms in total. The summed E-state index contributed by atoms with van der Waals surface area (Å²) in [6, 6.07) is 11.0. The molecule has 0 saturated carbocycles. The minimum atomic E-state index is -4.68. The van der Waals surface area contributed by atoms with Gasteiger partial charge >= 0.3 is 12.3 Å². The van der Waals surface area contributed by atoms with Crippen LogP contribution >= 0.6 is 0 Å². The number of hydrogen-bond donors (Lipinski definition) is 1. The van der Waals surface area contributed by atoms with Gasteiger partial charge < -0.3 is 25.0 Å². The number of amides is 1. The summed E-state index contributed by atoms with van der Waals surface area (Å²) >= 11 is 0. The van der Waals surface area contributed by atoms with Gasteiger partial charge in [0.2, 0.25) is 0 Å². The van der Waals surface area contributed by atoms with E-state index in [1.165, 1.54) is 17.0 Å². The molecule has 1 aliphatic rings. The number of halogens is 3. The zero-order valence-corrected chi connectivity index (χ0v) is 22.3. The molecule has 3 rings (SSSR count). The number of anilines is 2. The van der Waals surface area contributed by atoms with Crippen molar-refractivity contribution < 1.29 is 27.4 Å². The van der Waals surface area contributed by atoms with Crippen molar-refractivity contribution in [3.8, 4) is 11.5 Å². The number of alkyl halides is 3. The molecule has 2 N–H and O–H groups in total. The van der Waals surface area contributed by atoms with E-state index in [-0.39, 0.29) is 35.3 Å². The average Bonchev–Trinajstić information content (AvgIpc) is 3.16. The first-order valence-corrected chi connectivity index (χ1v) is 12.3. The fourth-order valence-electron chi connectivity index (χ4n) is 4.65. The molecule has 2 aromatic carbocycles. The first-order valence-electron chi connectivity index (χ1n) is 12.3. The molecular formula is C27H37F3N4O3. The van der Waals surface area contributed by atoms with Crippen LogP contribution in [0.5, 0.6) is 11.5 Å². The standard InChI is InChI=1S/C27H37F3N4O3/c1-18-21(33(6)25(35)37-26(2,3)4)14-15-34(18)17-16-32(5)24-20(31)12-13-22(23(24)27(28,29)30)36-19-10-8-7-9-11-19/h7-13,18,21H,14-17,31H2,1-6H3/t18-,21+/m0/s1. The van der Waals surface area contributed by atoms with Crippen molar-refractivity contribution in [2.75, 3.05) is 44.4 Å². The van der Waals surface area contributed by atoms with E-state index >= 15 is 0 Å². The Bertz CT molecular complexity index is 1070. The molecule has 0 unspecified atom stereocenters. The summed E-state index contributed by atoms with van der Waals surface area (Å²) in [6.45, 7) is 8.99. The van der Waals surface area contributed by atoms with Crippen LogP contribution < -0.4 is 15.4 Å². The van der Waals surface area contributed by atoms with Gasteiger partial charge in [-0.05, 0) is 58.4 Å². The summed E-state index contributed by atoms with van der Waals surface area (Å²) in [6.07, 6.45) is -4.32. The third kappa shape index (κ3) is 7.00. The first-order chi connectivity index (χ1) is 17.2. The van der Waals surface area contributed by atoms with Crippen LogP contribution in [0.25, 0.3) is 0 Å². The summed E-state index contributed by atoms with van der Waals surface area (Å²) in [5.41, 5.74) is 4.47. The number of rotatable bonds is 7. The third-order valence-electron chi connectivity index (χ3n) is 6.55. The van der Waals surface area contributed by atoms with E-state index in [0.717, 1.165) is 6.42 Å². The predicted octanol–water partition coefficient (Wildman–Crippen LogP) is 5.85. The lowest BCUT2D eigenvalue weighted by atomic mass is 10.1. The van der Waals surface area contributed by atoms with E-state index in [4.69, 9.17) is 15.2 Å². The Balaban J connectivity index is 1.75. The molecule has 0 aromatic heterocycles.